The fourth-order valence-electron chi connectivity index (χ4n) is 2.34. The number of nitrogens with one attached hydrogen (secondary N) is 1. The van der Waals surface area contributed by atoms with Crippen molar-refractivity contribution >= 4 is 0 Å². The van der Waals surface area contributed by atoms with Crippen LogP contribution in [0.25, 0.3) is 0 Å². The summed E-state index contributed by atoms with van der Waals surface area (Å²) in [5.74, 6) is 2.85. The van der Waals surface area contributed by atoms with E-state index < -0.39 is 0 Å². The summed E-state index contributed by atoms with van der Waals surface area (Å²) in [6.07, 6.45) is 2.14. The van der Waals surface area contributed by atoms with E-state index in [0.717, 1.165) is 35.7 Å². The van der Waals surface area contributed by atoms with Crippen molar-refractivity contribution in [3.63, 3.8) is 0 Å². The molecule has 26 heavy (non-hydrogen) atoms. The Morgan fingerprint density at radius 2 is 2.00 bits per heavy atom. The predicted octanol–water partition coefficient (Wildman–Crippen LogP) is 4.41. The fraction of sp³-hybridized carbons (Fsp3) is 0.600. The number of unbranched alkanes of at least 4 members (excludes halogenated alkanes) is 1. The van der Waals surface area contributed by atoms with Crippen LogP contribution in [-0.2, 0) is 12.0 Å². The highest BCUT2D eigenvalue weighted by Crippen LogP contribution is 2.28. The molecule has 1 N–H and O–H groups in total. The SMILES string of the molecule is CCCCOc1ccc(CNC(C)c2nc(C(C)(C)C)no2)cc1OC. The van der Waals surface area contributed by atoms with Crippen molar-refractivity contribution in [1.29, 1.82) is 0 Å². The monoisotopic (exact) mass is 361 g/mol. The summed E-state index contributed by atoms with van der Waals surface area (Å²) < 4.78 is 16.6. The second kappa shape index (κ2) is 9.03. The number of hydrogen-bond acceptors (Lipinski definition) is 6. The lowest BCUT2D eigenvalue weighted by atomic mass is 9.96. The third-order valence-corrected chi connectivity index (χ3v) is 4.08. The quantitative estimate of drug-likeness (QED) is 0.667. The first-order chi connectivity index (χ1) is 12.3. The van der Waals surface area contributed by atoms with Gasteiger partial charge in [0.05, 0.1) is 19.8 Å². The number of aromatic nitrogens is 2. The number of rotatable bonds is 9. The van der Waals surface area contributed by atoms with E-state index in [1.54, 1.807) is 7.11 Å². The van der Waals surface area contributed by atoms with Crippen LogP contribution >= 0.6 is 0 Å². The van der Waals surface area contributed by atoms with Crippen molar-refractivity contribution in [2.45, 2.75) is 65.5 Å². The van der Waals surface area contributed by atoms with Gasteiger partial charge < -0.3 is 19.3 Å². The first kappa shape index (κ1) is 20.2. The highest BCUT2D eigenvalue weighted by molar-refractivity contribution is 5.43. The first-order valence-electron chi connectivity index (χ1n) is 9.22. The number of benzene rings is 1. The lowest BCUT2D eigenvalue weighted by Gasteiger charge is -2.14. The largest absolute Gasteiger partial charge is 0.493 e. The minimum absolute atomic E-state index is 0.0370. The molecule has 1 unspecified atom stereocenters. The van der Waals surface area contributed by atoms with Crippen LogP contribution in [-0.4, -0.2) is 23.9 Å². The van der Waals surface area contributed by atoms with Crippen LogP contribution in [0.15, 0.2) is 22.7 Å². The maximum atomic E-state index is 5.77. The second-order valence-electron chi connectivity index (χ2n) is 7.50. The summed E-state index contributed by atoms with van der Waals surface area (Å²) in [6, 6.07) is 5.96. The zero-order chi connectivity index (χ0) is 19.2. The molecule has 0 saturated carbocycles. The van der Waals surface area contributed by atoms with E-state index in [4.69, 9.17) is 14.0 Å². The van der Waals surface area contributed by atoms with Crippen LogP contribution in [0, 0.1) is 0 Å². The Morgan fingerprint density at radius 1 is 1.23 bits per heavy atom. The van der Waals surface area contributed by atoms with Crippen molar-refractivity contribution in [2.24, 2.45) is 0 Å². The van der Waals surface area contributed by atoms with Gasteiger partial charge in [-0.15, -0.1) is 0 Å². The lowest BCUT2D eigenvalue weighted by Crippen LogP contribution is -2.19. The topological polar surface area (TPSA) is 69.4 Å². The third-order valence-electron chi connectivity index (χ3n) is 4.08. The summed E-state index contributed by atoms with van der Waals surface area (Å²) in [4.78, 5) is 4.50. The van der Waals surface area contributed by atoms with Gasteiger partial charge in [-0.3, -0.25) is 0 Å². The zero-order valence-corrected chi connectivity index (χ0v) is 16.8. The summed E-state index contributed by atoms with van der Waals surface area (Å²) >= 11 is 0. The maximum absolute atomic E-state index is 5.77. The molecular weight excluding hydrogens is 330 g/mol. The molecule has 0 fully saturated rings. The van der Waals surface area contributed by atoms with Gasteiger partial charge in [-0.05, 0) is 31.0 Å². The standard InChI is InChI=1S/C20H31N3O3/c1-7-8-11-25-16-10-9-15(12-17(16)24-6)13-21-14(2)18-22-19(23-26-18)20(3,4)5/h9-10,12,14,21H,7-8,11,13H2,1-6H3. The zero-order valence-electron chi connectivity index (χ0n) is 16.8. The average molecular weight is 361 g/mol. The van der Waals surface area contributed by atoms with Crippen molar-refractivity contribution in [3.8, 4) is 11.5 Å². The molecule has 144 valence electrons. The van der Waals surface area contributed by atoms with Gasteiger partial charge in [-0.2, -0.15) is 4.98 Å². The lowest BCUT2D eigenvalue weighted by molar-refractivity contribution is 0.288. The molecule has 0 bridgehead atoms. The summed E-state index contributed by atoms with van der Waals surface area (Å²) in [6.45, 7) is 11.7. The second-order valence-corrected chi connectivity index (χ2v) is 7.50. The first-order valence-corrected chi connectivity index (χ1v) is 9.22. The summed E-state index contributed by atoms with van der Waals surface area (Å²) in [5, 5.41) is 7.49. The van der Waals surface area contributed by atoms with Crippen molar-refractivity contribution < 1.29 is 14.0 Å². The molecule has 0 aliphatic carbocycles. The van der Waals surface area contributed by atoms with Gasteiger partial charge in [0.25, 0.3) is 0 Å². The summed E-state index contributed by atoms with van der Waals surface area (Å²) in [5.41, 5.74) is 0.981. The Labute approximate surface area is 156 Å². The normalized spacial score (nSPS) is 12.8. The molecule has 6 heteroatoms. The molecule has 0 radical (unpaired) electrons. The van der Waals surface area contributed by atoms with Crippen LogP contribution in [0.1, 0.15) is 70.8 Å². The highest BCUT2D eigenvalue weighted by atomic mass is 16.5. The van der Waals surface area contributed by atoms with Crippen LogP contribution in [0.4, 0.5) is 0 Å². The molecule has 0 amide bonds. The van der Waals surface area contributed by atoms with E-state index in [2.05, 4.69) is 43.2 Å². The number of ether oxygens (including phenoxy) is 2. The molecule has 2 rings (SSSR count). The van der Waals surface area contributed by atoms with Gasteiger partial charge in [0.15, 0.2) is 17.3 Å². The number of hydrogen-bond donors (Lipinski definition) is 1. The molecule has 0 saturated heterocycles. The molecule has 1 aromatic carbocycles. The predicted molar refractivity (Wildman–Crippen MR) is 102 cm³/mol. The van der Waals surface area contributed by atoms with E-state index in [0.29, 0.717) is 19.0 Å². The molecule has 2 aromatic rings. The Balaban J connectivity index is 1.97. The molecule has 1 atom stereocenters. The summed E-state index contributed by atoms with van der Waals surface area (Å²) in [7, 11) is 1.66. The van der Waals surface area contributed by atoms with Crippen molar-refractivity contribution in [1.82, 2.24) is 15.5 Å². The highest BCUT2D eigenvalue weighted by Gasteiger charge is 2.23. The number of nitrogens with zero attached hydrogens (tertiary/aromatic N) is 2. The van der Waals surface area contributed by atoms with Gasteiger partial charge in [-0.25, -0.2) is 0 Å². The van der Waals surface area contributed by atoms with Crippen LogP contribution in [0.2, 0.25) is 0 Å². The number of methoxy groups -OCH3 is 1. The smallest absolute Gasteiger partial charge is 0.243 e. The van der Waals surface area contributed by atoms with Crippen LogP contribution < -0.4 is 14.8 Å². The fourth-order valence-corrected chi connectivity index (χ4v) is 2.34. The average Bonchev–Trinajstić information content (AvgIpc) is 3.11. The van der Waals surface area contributed by atoms with Gasteiger partial charge in [-0.1, -0.05) is 45.3 Å². The van der Waals surface area contributed by atoms with Gasteiger partial charge >= 0.3 is 0 Å². The third kappa shape index (κ3) is 5.46. The van der Waals surface area contributed by atoms with Crippen LogP contribution in [0.5, 0.6) is 11.5 Å². The Hall–Kier alpha value is -2.08. The Bertz CT molecular complexity index is 692. The van der Waals surface area contributed by atoms with Crippen molar-refractivity contribution in [2.75, 3.05) is 13.7 Å². The van der Waals surface area contributed by atoms with Crippen LogP contribution in [0.3, 0.4) is 0 Å². The van der Waals surface area contributed by atoms with Gasteiger partial charge in [0.2, 0.25) is 5.89 Å². The van der Waals surface area contributed by atoms with E-state index >= 15 is 0 Å². The maximum Gasteiger partial charge on any atom is 0.243 e. The Morgan fingerprint density at radius 3 is 2.62 bits per heavy atom. The molecule has 6 nitrogen and oxygen atoms in total. The van der Waals surface area contributed by atoms with Crippen molar-refractivity contribution in [3.05, 3.63) is 35.5 Å². The molecular formula is C20H31N3O3. The molecule has 0 spiro atoms. The van der Waals surface area contributed by atoms with E-state index in [1.165, 1.54) is 0 Å². The van der Waals surface area contributed by atoms with Gasteiger partial charge in [0.1, 0.15) is 0 Å². The van der Waals surface area contributed by atoms with E-state index in [9.17, 15) is 0 Å². The van der Waals surface area contributed by atoms with E-state index in [-0.39, 0.29) is 11.5 Å². The van der Waals surface area contributed by atoms with E-state index in [1.807, 2.05) is 25.1 Å². The minimum Gasteiger partial charge on any atom is -0.493 e. The molecule has 0 aliphatic rings. The molecule has 1 aromatic heterocycles. The minimum atomic E-state index is -0.123. The Kier molecular flexibility index (Phi) is 7.03. The molecule has 0 aliphatic heterocycles. The van der Waals surface area contributed by atoms with Gasteiger partial charge in [0, 0.05) is 12.0 Å². The molecule has 1 heterocycles.